The van der Waals surface area contributed by atoms with Gasteiger partial charge in [0.05, 0.1) is 18.1 Å². The van der Waals surface area contributed by atoms with Crippen LogP contribution in [0.5, 0.6) is 0 Å². The summed E-state index contributed by atoms with van der Waals surface area (Å²) in [5.74, 6) is -1.27. The molecule has 1 N–H and O–H groups in total. The van der Waals surface area contributed by atoms with Crippen molar-refractivity contribution >= 4 is 5.97 Å². The third-order valence-electron chi connectivity index (χ3n) is 2.20. The summed E-state index contributed by atoms with van der Waals surface area (Å²) >= 11 is 0. The Morgan fingerprint density at radius 2 is 1.89 bits per heavy atom. The molecule has 2 heterocycles. The molecule has 0 amide bonds. The summed E-state index contributed by atoms with van der Waals surface area (Å²) in [4.78, 5) is 21.4. The number of carboxylic acid groups (broad SMARTS) is 1. The van der Waals surface area contributed by atoms with Crippen LogP contribution in [0, 0.1) is 0 Å². The molecular weight excluding hydrogens is 263 g/mol. The quantitative estimate of drug-likeness (QED) is 0.904. The third kappa shape index (κ3) is 2.84. The Morgan fingerprint density at radius 1 is 1.16 bits per heavy atom. The zero-order valence-electron chi connectivity index (χ0n) is 9.22. The molecule has 2 aromatic rings. The number of hydrogen-bond acceptors (Lipinski definition) is 4. The van der Waals surface area contributed by atoms with E-state index in [0.29, 0.717) is 0 Å². The minimum atomic E-state index is -4.52. The van der Waals surface area contributed by atoms with Gasteiger partial charge < -0.3 is 5.11 Å². The molecule has 0 aliphatic rings. The van der Waals surface area contributed by atoms with Crippen molar-refractivity contribution in [2.45, 2.75) is 6.18 Å². The fourth-order valence-electron chi connectivity index (χ4n) is 1.32. The van der Waals surface area contributed by atoms with E-state index >= 15 is 0 Å². The van der Waals surface area contributed by atoms with Crippen molar-refractivity contribution < 1.29 is 23.1 Å². The van der Waals surface area contributed by atoms with E-state index in [1.807, 2.05) is 0 Å². The van der Waals surface area contributed by atoms with Crippen LogP contribution in [-0.2, 0) is 6.18 Å². The second-order valence-electron chi connectivity index (χ2n) is 3.52. The highest BCUT2D eigenvalue weighted by Crippen LogP contribution is 2.28. The monoisotopic (exact) mass is 269 g/mol. The van der Waals surface area contributed by atoms with Crippen LogP contribution in [0.25, 0.3) is 11.3 Å². The number of halogens is 3. The van der Waals surface area contributed by atoms with Gasteiger partial charge >= 0.3 is 12.1 Å². The van der Waals surface area contributed by atoms with Crippen LogP contribution in [0.2, 0.25) is 0 Å². The summed E-state index contributed by atoms with van der Waals surface area (Å²) in [6.07, 6.45) is -1.26. The molecule has 8 heteroatoms. The summed E-state index contributed by atoms with van der Waals surface area (Å²) in [7, 11) is 0. The van der Waals surface area contributed by atoms with E-state index in [1.165, 1.54) is 6.20 Å². The van der Waals surface area contributed by atoms with Gasteiger partial charge in [-0.25, -0.2) is 9.78 Å². The van der Waals surface area contributed by atoms with Gasteiger partial charge in [0.15, 0.2) is 5.69 Å². The normalized spacial score (nSPS) is 11.3. The van der Waals surface area contributed by atoms with Gasteiger partial charge in [-0.2, -0.15) is 13.2 Å². The molecule has 0 bridgehead atoms. The lowest BCUT2D eigenvalue weighted by molar-refractivity contribution is -0.141. The van der Waals surface area contributed by atoms with Crippen LogP contribution >= 0.6 is 0 Å². The predicted molar refractivity (Wildman–Crippen MR) is 57.2 cm³/mol. The molecular formula is C11H6F3N3O2. The first kappa shape index (κ1) is 12.9. The Bertz CT molecular complexity index is 611. The fraction of sp³-hybridized carbons (Fsp3) is 0.0909. The molecule has 0 fully saturated rings. The van der Waals surface area contributed by atoms with Crippen LogP contribution in [0.15, 0.2) is 30.7 Å². The van der Waals surface area contributed by atoms with Gasteiger partial charge in [-0.15, -0.1) is 0 Å². The molecule has 0 aliphatic heterocycles. The highest BCUT2D eigenvalue weighted by atomic mass is 19.4. The molecule has 2 rings (SSSR count). The van der Waals surface area contributed by atoms with Gasteiger partial charge in [-0.1, -0.05) is 0 Å². The first-order valence-electron chi connectivity index (χ1n) is 4.97. The van der Waals surface area contributed by atoms with Gasteiger partial charge in [0.2, 0.25) is 0 Å². The Morgan fingerprint density at radius 3 is 2.42 bits per heavy atom. The molecule has 0 aromatic carbocycles. The Labute approximate surface area is 104 Å². The lowest BCUT2D eigenvalue weighted by atomic mass is 10.2. The lowest BCUT2D eigenvalue weighted by Crippen LogP contribution is -2.07. The van der Waals surface area contributed by atoms with Crippen LogP contribution in [-0.4, -0.2) is 26.0 Å². The summed E-state index contributed by atoms with van der Waals surface area (Å²) in [6, 6.07) is 1.95. The van der Waals surface area contributed by atoms with Crippen molar-refractivity contribution in [2.75, 3.05) is 0 Å². The van der Waals surface area contributed by atoms with Crippen molar-refractivity contribution in [3.63, 3.8) is 0 Å². The molecule has 0 aliphatic carbocycles. The molecule has 0 saturated carbocycles. The third-order valence-corrected chi connectivity index (χ3v) is 2.20. The predicted octanol–water partition coefficient (Wildman–Crippen LogP) is 2.26. The van der Waals surface area contributed by atoms with E-state index < -0.39 is 17.8 Å². The molecule has 5 nitrogen and oxygen atoms in total. The van der Waals surface area contributed by atoms with Gasteiger partial charge in [0.1, 0.15) is 5.69 Å². The number of carboxylic acids is 1. The average molecular weight is 269 g/mol. The SMILES string of the molecule is O=C(O)c1cncc(-c2ccc(C(F)(F)F)nc2)n1. The molecule has 2 aromatic heterocycles. The van der Waals surface area contributed by atoms with Crippen molar-refractivity contribution in [3.8, 4) is 11.3 Å². The minimum Gasteiger partial charge on any atom is -0.476 e. The van der Waals surface area contributed by atoms with Gasteiger partial charge in [-0.3, -0.25) is 9.97 Å². The topological polar surface area (TPSA) is 76.0 Å². The number of pyridine rings is 1. The van der Waals surface area contributed by atoms with Crippen molar-refractivity contribution in [3.05, 3.63) is 42.1 Å². The Hall–Kier alpha value is -2.51. The van der Waals surface area contributed by atoms with Crippen LogP contribution in [0.4, 0.5) is 13.2 Å². The van der Waals surface area contributed by atoms with E-state index in [4.69, 9.17) is 5.11 Å². The molecule has 0 unspecified atom stereocenters. The number of aromatic nitrogens is 3. The zero-order chi connectivity index (χ0) is 14.0. The maximum atomic E-state index is 12.3. The van der Waals surface area contributed by atoms with E-state index in [-0.39, 0.29) is 17.0 Å². The summed E-state index contributed by atoms with van der Waals surface area (Å²) in [5.41, 5.74) is -0.930. The highest BCUT2D eigenvalue weighted by Gasteiger charge is 2.32. The van der Waals surface area contributed by atoms with E-state index in [0.717, 1.165) is 24.5 Å². The van der Waals surface area contributed by atoms with Crippen LogP contribution in [0.1, 0.15) is 16.2 Å². The van der Waals surface area contributed by atoms with Crippen molar-refractivity contribution in [2.24, 2.45) is 0 Å². The second-order valence-corrected chi connectivity index (χ2v) is 3.52. The Balaban J connectivity index is 2.37. The number of alkyl halides is 3. The number of aromatic carboxylic acids is 1. The summed E-state index contributed by atoms with van der Waals surface area (Å²) in [5, 5.41) is 8.74. The first-order valence-corrected chi connectivity index (χ1v) is 4.97. The van der Waals surface area contributed by atoms with Crippen LogP contribution in [0.3, 0.4) is 0 Å². The lowest BCUT2D eigenvalue weighted by Gasteiger charge is -2.06. The minimum absolute atomic E-state index is 0.140. The second kappa shape index (κ2) is 4.63. The molecule has 19 heavy (non-hydrogen) atoms. The average Bonchev–Trinajstić information content (AvgIpc) is 2.38. The summed E-state index contributed by atoms with van der Waals surface area (Å²) < 4.78 is 37.0. The van der Waals surface area contributed by atoms with Crippen LogP contribution < -0.4 is 0 Å². The van der Waals surface area contributed by atoms with Crippen molar-refractivity contribution in [1.82, 2.24) is 15.0 Å². The standard InChI is InChI=1S/C11H6F3N3O2/c12-11(13,14)9-2-1-6(3-16-9)7-4-15-5-8(17-7)10(18)19/h1-5H,(H,18,19). The largest absolute Gasteiger partial charge is 0.476 e. The molecule has 0 atom stereocenters. The maximum absolute atomic E-state index is 12.3. The molecule has 0 saturated heterocycles. The van der Waals surface area contributed by atoms with E-state index in [9.17, 15) is 18.0 Å². The maximum Gasteiger partial charge on any atom is 0.433 e. The molecule has 98 valence electrons. The smallest absolute Gasteiger partial charge is 0.433 e. The van der Waals surface area contributed by atoms with E-state index in [2.05, 4.69) is 15.0 Å². The first-order chi connectivity index (χ1) is 8.88. The molecule has 0 spiro atoms. The number of rotatable bonds is 2. The van der Waals surface area contributed by atoms with E-state index in [1.54, 1.807) is 0 Å². The number of hydrogen-bond donors (Lipinski definition) is 1. The fourth-order valence-corrected chi connectivity index (χ4v) is 1.32. The molecule has 0 radical (unpaired) electrons. The number of nitrogens with zero attached hydrogens (tertiary/aromatic N) is 3. The van der Waals surface area contributed by atoms with Gasteiger partial charge in [0, 0.05) is 11.8 Å². The van der Waals surface area contributed by atoms with Gasteiger partial charge in [-0.05, 0) is 12.1 Å². The highest BCUT2D eigenvalue weighted by molar-refractivity contribution is 5.85. The van der Waals surface area contributed by atoms with Crippen molar-refractivity contribution in [1.29, 1.82) is 0 Å². The van der Waals surface area contributed by atoms with Gasteiger partial charge in [0.25, 0.3) is 0 Å². The Kier molecular flexibility index (Phi) is 3.16. The zero-order valence-corrected chi connectivity index (χ0v) is 9.22. The number of carbonyl (C=O) groups is 1. The summed E-state index contributed by atoms with van der Waals surface area (Å²) in [6.45, 7) is 0.